The SMILES string of the molecule is C#CCOc1ccc(F)cc1NC(=O)CCCc1nc(C(C)C)no1. The number of nitrogens with one attached hydrogen (secondary N) is 1. The van der Waals surface area contributed by atoms with Crippen LogP contribution in [-0.4, -0.2) is 22.7 Å². The standard InChI is InChI=1S/C18H20FN3O3/c1-4-10-24-15-9-8-13(19)11-14(15)20-16(23)6-5-7-17-21-18(12(2)3)22-25-17/h1,8-9,11-12H,5-7,10H2,2-3H3,(H,20,23). The van der Waals surface area contributed by atoms with Gasteiger partial charge >= 0.3 is 0 Å². The first-order valence-electron chi connectivity index (χ1n) is 7.97. The van der Waals surface area contributed by atoms with Gasteiger partial charge in [0.15, 0.2) is 5.82 Å². The van der Waals surface area contributed by atoms with E-state index in [0.29, 0.717) is 30.3 Å². The smallest absolute Gasteiger partial charge is 0.226 e. The molecule has 2 aromatic rings. The molecule has 132 valence electrons. The van der Waals surface area contributed by atoms with Crippen LogP contribution in [0.3, 0.4) is 0 Å². The molecule has 0 saturated heterocycles. The fourth-order valence-electron chi connectivity index (χ4n) is 2.06. The number of nitrogens with zero attached hydrogens (tertiary/aromatic N) is 2. The van der Waals surface area contributed by atoms with Crippen molar-refractivity contribution in [2.45, 2.75) is 39.0 Å². The maximum Gasteiger partial charge on any atom is 0.226 e. The molecule has 0 saturated carbocycles. The van der Waals surface area contributed by atoms with Crippen molar-refractivity contribution in [2.24, 2.45) is 0 Å². The van der Waals surface area contributed by atoms with Crippen LogP contribution in [0.4, 0.5) is 10.1 Å². The van der Waals surface area contributed by atoms with Gasteiger partial charge < -0.3 is 14.6 Å². The van der Waals surface area contributed by atoms with Gasteiger partial charge in [-0.3, -0.25) is 4.79 Å². The summed E-state index contributed by atoms with van der Waals surface area (Å²) in [6, 6.07) is 3.86. The minimum Gasteiger partial charge on any atom is -0.479 e. The Balaban J connectivity index is 1.87. The summed E-state index contributed by atoms with van der Waals surface area (Å²) in [6.07, 6.45) is 6.40. The third-order valence-electron chi connectivity index (χ3n) is 3.32. The number of rotatable bonds is 8. The molecular weight excluding hydrogens is 325 g/mol. The van der Waals surface area contributed by atoms with E-state index in [1.165, 1.54) is 18.2 Å². The van der Waals surface area contributed by atoms with Crippen LogP contribution in [0.1, 0.15) is 44.3 Å². The molecule has 1 heterocycles. The van der Waals surface area contributed by atoms with Crippen LogP contribution in [0.25, 0.3) is 0 Å². The van der Waals surface area contributed by atoms with Gasteiger partial charge in [0.2, 0.25) is 11.8 Å². The van der Waals surface area contributed by atoms with Crippen LogP contribution in [0.15, 0.2) is 22.7 Å². The zero-order valence-electron chi connectivity index (χ0n) is 14.2. The van der Waals surface area contributed by atoms with Crippen molar-refractivity contribution in [1.82, 2.24) is 10.1 Å². The molecule has 0 unspecified atom stereocenters. The summed E-state index contributed by atoms with van der Waals surface area (Å²) in [5, 5.41) is 6.50. The minimum absolute atomic E-state index is 0.0316. The normalized spacial score (nSPS) is 10.5. The van der Waals surface area contributed by atoms with Crippen molar-refractivity contribution >= 4 is 11.6 Å². The second-order valence-electron chi connectivity index (χ2n) is 5.74. The quantitative estimate of drug-likeness (QED) is 0.743. The molecule has 25 heavy (non-hydrogen) atoms. The molecule has 2 rings (SSSR count). The van der Waals surface area contributed by atoms with Crippen LogP contribution in [-0.2, 0) is 11.2 Å². The molecule has 1 N–H and O–H groups in total. The van der Waals surface area contributed by atoms with E-state index in [1.807, 2.05) is 13.8 Å². The number of carbonyl (C=O) groups excluding carboxylic acids is 1. The highest BCUT2D eigenvalue weighted by Crippen LogP contribution is 2.25. The van der Waals surface area contributed by atoms with Gasteiger partial charge in [0.25, 0.3) is 0 Å². The highest BCUT2D eigenvalue weighted by molar-refractivity contribution is 5.92. The number of terminal acetylenes is 1. The van der Waals surface area contributed by atoms with Crippen molar-refractivity contribution in [3.05, 3.63) is 35.7 Å². The number of aromatic nitrogens is 2. The van der Waals surface area contributed by atoms with Crippen molar-refractivity contribution < 1.29 is 18.4 Å². The number of benzene rings is 1. The predicted octanol–water partition coefficient (Wildman–Crippen LogP) is 3.31. The summed E-state index contributed by atoms with van der Waals surface area (Å²) < 4.78 is 23.8. The van der Waals surface area contributed by atoms with Crippen molar-refractivity contribution in [2.75, 3.05) is 11.9 Å². The van der Waals surface area contributed by atoms with E-state index in [1.54, 1.807) is 0 Å². The van der Waals surface area contributed by atoms with Crippen LogP contribution in [0, 0.1) is 18.2 Å². The Labute approximate surface area is 145 Å². The van der Waals surface area contributed by atoms with Crippen molar-refractivity contribution in [3.8, 4) is 18.1 Å². The van der Waals surface area contributed by atoms with Gasteiger partial charge in [-0.25, -0.2) is 4.39 Å². The number of amides is 1. The van der Waals surface area contributed by atoms with E-state index in [4.69, 9.17) is 15.7 Å². The Morgan fingerprint density at radius 3 is 2.96 bits per heavy atom. The predicted molar refractivity (Wildman–Crippen MR) is 90.7 cm³/mol. The van der Waals surface area contributed by atoms with Gasteiger partial charge in [-0.1, -0.05) is 24.9 Å². The minimum atomic E-state index is -0.476. The molecule has 1 aromatic carbocycles. The number of anilines is 1. The molecule has 0 radical (unpaired) electrons. The summed E-state index contributed by atoms with van der Waals surface area (Å²) in [5.41, 5.74) is 0.250. The number of hydrogen-bond acceptors (Lipinski definition) is 5. The third-order valence-corrected chi connectivity index (χ3v) is 3.32. The monoisotopic (exact) mass is 345 g/mol. The fourth-order valence-corrected chi connectivity index (χ4v) is 2.06. The van der Waals surface area contributed by atoms with Crippen LogP contribution >= 0.6 is 0 Å². The number of halogens is 1. The molecule has 0 atom stereocenters. The molecule has 0 spiro atoms. The van der Waals surface area contributed by atoms with E-state index in [-0.39, 0.29) is 30.5 Å². The van der Waals surface area contributed by atoms with Gasteiger partial charge in [-0.15, -0.1) is 6.42 Å². The summed E-state index contributed by atoms with van der Waals surface area (Å²) >= 11 is 0. The van der Waals surface area contributed by atoms with Crippen LogP contribution in [0.2, 0.25) is 0 Å². The van der Waals surface area contributed by atoms with Crippen molar-refractivity contribution in [1.29, 1.82) is 0 Å². The summed E-state index contributed by atoms with van der Waals surface area (Å²) in [7, 11) is 0. The summed E-state index contributed by atoms with van der Waals surface area (Å²) in [4.78, 5) is 16.3. The third kappa shape index (κ3) is 5.60. The fraction of sp³-hybridized carbons (Fsp3) is 0.389. The van der Waals surface area contributed by atoms with Gasteiger partial charge in [-0.2, -0.15) is 4.98 Å². The maximum atomic E-state index is 13.4. The molecule has 0 aliphatic heterocycles. The Bertz CT molecular complexity index is 765. The number of hydrogen-bond donors (Lipinski definition) is 1. The van der Waals surface area contributed by atoms with E-state index < -0.39 is 5.82 Å². The molecule has 0 aliphatic rings. The van der Waals surface area contributed by atoms with Crippen LogP contribution < -0.4 is 10.1 Å². The topological polar surface area (TPSA) is 77.2 Å². The van der Waals surface area contributed by atoms with Gasteiger partial charge in [-0.05, 0) is 18.6 Å². The molecular formula is C18H20FN3O3. The van der Waals surface area contributed by atoms with E-state index in [0.717, 1.165) is 0 Å². The molecule has 7 heteroatoms. The Morgan fingerprint density at radius 1 is 1.48 bits per heavy atom. The zero-order valence-corrected chi connectivity index (χ0v) is 14.2. The van der Waals surface area contributed by atoms with Crippen molar-refractivity contribution in [3.63, 3.8) is 0 Å². The first-order chi connectivity index (χ1) is 12.0. The molecule has 0 bridgehead atoms. The largest absolute Gasteiger partial charge is 0.479 e. The van der Waals surface area contributed by atoms with E-state index in [9.17, 15) is 9.18 Å². The lowest BCUT2D eigenvalue weighted by Crippen LogP contribution is -2.13. The molecule has 1 amide bonds. The second kappa shape index (κ2) is 8.83. The summed E-state index contributed by atoms with van der Waals surface area (Å²) in [6.45, 7) is 3.98. The Kier molecular flexibility index (Phi) is 6.52. The van der Waals surface area contributed by atoms with Gasteiger partial charge in [0.05, 0.1) is 5.69 Å². The second-order valence-corrected chi connectivity index (χ2v) is 5.74. The molecule has 0 aliphatic carbocycles. The molecule has 6 nitrogen and oxygen atoms in total. The first kappa shape index (κ1) is 18.5. The average Bonchev–Trinajstić information content (AvgIpc) is 3.03. The molecule has 1 aromatic heterocycles. The average molecular weight is 345 g/mol. The number of aryl methyl sites for hydroxylation is 1. The van der Waals surface area contributed by atoms with Gasteiger partial charge in [0.1, 0.15) is 18.2 Å². The number of ether oxygens (including phenoxy) is 1. The Morgan fingerprint density at radius 2 is 2.28 bits per heavy atom. The lowest BCUT2D eigenvalue weighted by atomic mass is 10.2. The zero-order chi connectivity index (χ0) is 18.2. The lowest BCUT2D eigenvalue weighted by molar-refractivity contribution is -0.116. The first-order valence-corrected chi connectivity index (χ1v) is 7.97. The van der Waals surface area contributed by atoms with Crippen LogP contribution in [0.5, 0.6) is 5.75 Å². The highest BCUT2D eigenvalue weighted by atomic mass is 19.1. The van der Waals surface area contributed by atoms with E-state index >= 15 is 0 Å². The van der Waals surface area contributed by atoms with E-state index in [2.05, 4.69) is 21.4 Å². The highest BCUT2D eigenvalue weighted by Gasteiger charge is 2.12. The lowest BCUT2D eigenvalue weighted by Gasteiger charge is -2.11. The van der Waals surface area contributed by atoms with Gasteiger partial charge in [0, 0.05) is 24.8 Å². The molecule has 0 fully saturated rings. The Hall–Kier alpha value is -2.88. The number of carbonyl (C=O) groups is 1. The maximum absolute atomic E-state index is 13.4. The summed E-state index contributed by atoms with van der Waals surface area (Å²) in [5.74, 6) is 3.24.